The number of fused-ring (bicyclic) bond motifs is 1. The van der Waals surface area contributed by atoms with E-state index in [2.05, 4.69) is 0 Å². The van der Waals surface area contributed by atoms with E-state index in [0.717, 1.165) is 17.5 Å². The normalized spacial score (nSPS) is 14.9. The maximum absolute atomic E-state index is 13.7. The minimum atomic E-state index is -0.317. The van der Waals surface area contributed by atoms with Crippen LogP contribution in [0.1, 0.15) is 38.8 Å². The molecule has 6 nitrogen and oxygen atoms in total. The van der Waals surface area contributed by atoms with E-state index >= 15 is 0 Å². The van der Waals surface area contributed by atoms with Crippen LogP contribution in [0.3, 0.4) is 0 Å². The number of methoxy groups -OCH3 is 2. The molecule has 1 aromatic heterocycles. The zero-order valence-electron chi connectivity index (χ0n) is 19.9. The largest absolute Gasteiger partial charge is 0.497 e. The fourth-order valence-corrected chi connectivity index (χ4v) is 5.32. The Labute approximate surface area is 208 Å². The van der Waals surface area contributed by atoms with Gasteiger partial charge in [0.25, 0.3) is 5.91 Å². The first-order valence-corrected chi connectivity index (χ1v) is 12.4. The molecule has 1 unspecified atom stereocenters. The van der Waals surface area contributed by atoms with Crippen molar-refractivity contribution in [2.45, 2.75) is 18.9 Å². The van der Waals surface area contributed by atoms with Crippen molar-refractivity contribution in [3.05, 3.63) is 87.4 Å². The van der Waals surface area contributed by atoms with E-state index in [1.165, 1.54) is 17.0 Å². The molecule has 4 rings (SSSR count). The van der Waals surface area contributed by atoms with Crippen LogP contribution in [-0.4, -0.2) is 62.1 Å². The van der Waals surface area contributed by atoms with Crippen molar-refractivity contribution in [3.8, 4) is 5.75 Å². The number of carbonyl (C=O) groups excluding carboxylic acids is 2. The monoisotopic (exact) mass is 496 g/mol. The van der Waals surface area contributed by atoms with E-state index in [9.17, 15) is 14.0 Å². The summed E-state index contributed by atoms with van der Waals surface area (Å²) in [6.07, 6.45) is 1.37. The Morgan fingerprint density at radius 3 is 2.51 bits per heavy atom. The van der Waals surface area contributed by atoms with Crippen molar-refractivity contribution >= 4 is 23.2 Å². The highest BCUT2D eigenvalue weighted by Gasteiger charge is 2.34. The molecule has 0 saturated heterocycles. The number of nitrogens with zero attached hydrogens (tertiary/aromatic N) is 2. The topological polar surface area (TPSA) is 59.1 Å². The van der Waals surface area contributed by atoms with Crippen molar-refractivity contribution in [2.75, 3.05) is 40.5 Å². The molecule has 0 radical (unpaired) electrons. The van der Waals surface area contributed by atoms with Crippen molar-refractivity contribution in [1.29, 1.82) is 0 Å². The van der Waals surface area contributed by atoms with Crippen LogP contribution in [0, 0.1) is 5.82 Å². The van der Waals surface area contributed by atoms with Gasteiger partial charge in [-0.15, -0.1) is 11.3 Å². The van der Waals surface area contributed by atoms with Crippen LogP contribution in [0.25, 0.3) is 0 Å². The van der Waals surface area contributed by atoms with Crippen molar-refractivity contribution < 1.29 is 23.5 Å². The van der Waals surface area contributed by atoms with E-state index in [1.807, 2.05) is 16.3 Å². The van der Waals surface area contributed by atoms with Crippen molar-refractivity contribution in [3.63, 3.8) is 0 Å². The molecular weight excluding hydrogens is 467 g/mol. The molecule has 0 aliphatic carbocycles. The molecule has 2 aromatic carbocycles. The Balaban J connectivity index is 1.58. The Hall–Kier alpha value is -3.23. The number of thiophene rings is 1. The summed E-state index contributed by atoms with van der Waals surface area (Å²) in [7, 11) is 3.18. The van der Waals surface area contributed by atoms with Gasteiger partial charge in [0.2, 0.25) is 5.91 Å². The summed E-state index contributed by atoms with van der Waals surface area (Å²) in [5, 5.41) is 2.03. The van der Waals surface area contributed by atoms with Crippen LogP contribution in [0.4, 0.5) is 4.39 Å². The number of hydrogen-bond donors (Lipinski definition) is 0. The maximum atomic E-state index is 13.7. The van der Waals surface area contributed by atoms with E-state index in [-0.39, 0.29) is 30.2 Å². The zero-order chi connectivity index (χ0) is 24.8. The first kappa shape index (κ1) is 24.9. The maximum Gasteiger partial charge on any atom is 0.254 e. The lowest BCUT2D eigenvalue weighted by molar-refractivity contribution is -0.134. The van der Waals surface area contributed by atoms with E-state index < -0.39 is 0 Å². The third kappa shape index (κ3) is 5.71. The summed E-state index contributed by atoms with van der Waals surface area (Å²) in [5.74, 6) is -0.0212. The quantitative estimate of drug-likeness (QED) is 0.408. The van der Waals surface area contributed by atoms with Gasteiger partial charge < -0.3 is 19.3 Å². The standard InChI is InChI=1S/C27H29FN2O4S/c1-33-16-3-14-29(27(32)20-6-10-22(34-2)11-7-20)18-25(31)30-15-12-24-23(13-17-35-24)26(30)19-4-8-21(28)9-5-19/h4-11,13,17,26H,3,12,14-16,18H2,1-2H3. The molecule has 0 bridgehead atoms. The van der Waals surface area contributed by atoms with Gasteiger partial charge in [-0.25, -0.2) is 4.39 Å². The van der Waals surface area contributed by atoms with Crippen molar-refractivity contribution in [1.82, 2.24) is 9.80 Å². The molecule has 2 heterocycles. The molecular formula is C27H29FN2O4S. The van der Waals surface area contributed by atoms with Gasteiger partial charge in [-0.1, -0.05) is 12.1 Å². The third-order valence-corrected chi connectivity index (χ3v) is 7.20. The number of benzene rings is 2. The minimum Gasteiger partial charge on any atom is -0.497 e. The molecule has 1 aliphatic heterocycles. The van der Waals surface area contributed by atoms with E-state index in [1.54, 1.807) is 66.9 Å². The molecule has 2 amide bonds. The van der Waals surface area contributed by atoms with Gasteiger partial charge in [0.1, 0.15) is 18.1 Å². The molecule has 1 aliphatic rings. The Bertz CT molecular complexity index is 1150. The molecule has 0 N–H and O–H groups in total. The van der Waals surface area contributed by atoms with E-state index in [0.29, 0.717) is 37.4 Å². The lowest BCUT2D eigenvalue weighted by Gasteiger charge is -2.37. The lowest BCUT2D eigenvalue weighted by Crippen LogP contribution is -2.47. The third-order valence-electron chi connectivity index (χ3n) is 6.20. The Morgan fingerprint density at radius 1 is 1.09 bits per heavy atom. The second kappa shape index (κ2) is 11.5. The smallest absolute Gasteiger partial charge is 0.254 e. The predicted octanol–water partition coefficient (Wildman–Crippen LogP) is 4.55. The van der Waals surface area contributed by atoms with Gasteiger partial charge in [0.15, 0.2) is 0 Å². The van der Waals surface area contributed by atoms with Crippen LogP contribution >= 0.6 is 11.3 Å². The van der Waals surface area contributed by atoms with Crippen LogP contribution < -0.4 is 4.74 Å². The van der Waals surface area contributed by atoms with Gasteiger partial charge in [0.05, 0.1) is 13.2 Å². The van der Waals surface area contributed by atoms with Gasteiger partial charge in [-0.05, 0) is 71.8 Å². The number of rotatable bonds is 9. The minimum absolute atomic E-state index is 0.0499. The number of halogens is 1. The Morgan fingerprint density at radius 2 is 1.83 bits per heavy atom. The number of carbonyl (C=O) groups is 2. The summed E-state index contributed by atoms with van der Waals surface area (Å²) in [4.78, 5) is 31.6. The average molecular weight is 497 g/mol. The second-order valence-corrected chi connectivity index (χ2v) is 9.39. The molecule has 0 fully saturated rings. The van der Waals surface area contributed by atoms with Gasteiger partial charge in [0, 0.05) is 37.2 Å². The summed E-state index contributed by atoms with van der Waals surface area (Å²) in [6, 6.07) is 14.9. The summed E-state index contributed by atoms with van der Waals surface area (Å²) < 4.78 is 24.0. The van der Waals surface area contributed by atoms with Crippen LogP contribution in [0.5, 0.6) is 5.75 Å². The second-order valence-electron chi connectivity index (χ2n) is 8.39. The highest BCUT2D eigenvalue weighted by molar-refractivity contribution is 7.10. The summed E-state index contributed by atoms with van der Waals surface area (Å²) in [6.45, 7) is 1.37. The molecule has 1 atom stereocenters. The number of amides is 2. The number of hydrogen-bond acceptors (Lipinski definition) is 5. The van der Waals surface area contributed by atoms with Crippen molar-refractivity contribution in [2.24, 2.45) is 0 Å². The predicted molar refractivity (Wildman–Crippen MR) is 133 cm³/mol. The first-order valence-electron chi connectivity index (χ1n) is 11.5. The highest BCUT2D eigenvalue weighted by atomic mass is 32.1. The number of ether oxygens (including phenoxy) is 2. The summed E-state index contributed by atoms with van der Waals surface area (Å²) >= 11 is 1.67. The highest BCUT2D eigenvalue weighted by Crippen LogP contribution is 2.38. The fourth-order valence-electron chi connectivity index (χ4n) is 4.41. The van der Waals surface area contributed by atoms with Gasteiger partial charge in [-0.2, -0.15) is 0 Å². The molecule has 0 saturated carbocycles. The molecule has 8 heteroatoms. The van der Waals surface area contributed by atoms with E-state index in [4.69, 9.17) is 9.47 Å². The molecule has 35 heavy (non-hydrogen) atoms. The van der Waals surface area contributed by atoms with Crippen LogP contribution in [-0.2, 0) is 16.0 Å². The molecule has 0 spiro atoms. The summed E-state index contributed by atoms with van der Waals surface area (Å²) in [5.41, 5.74) is 2.41. The van der Waals surface area contributed by atoms with Crippen LogP contribution in [0.15, 0.2) is 60.0 Å². The lowest BCUT2D eigenvalue weighted by atomic mass is 9.93. The molecule has 184 valence electrons. The molecule has 3 aromatic rings. The Kier molecular flexibility index (Phi) is 8.15. The first-order chi connectivity index (χ1) is 17.0. The van der Waals surface area contributed by atoms with Gasteiger partial charge >= 0.3 is 0 Å². The van der Waals surface area contributed by atoms with Gasteiger partial charge in [-0.3, -0.25) is 9.59 Å². The SMILES string of the molecule is COCCCN(CC(=O)N1CCc2sccc2C1c1ccc(F)cc1)C(=O)c1ccc(OC)cc1. The van der Waals surface area contributed by atoms with Crippen LogP contribution in [0.2, 0.25) is 0 Å². The average Bonchev–Trinajstić information content (AvgIpc) is 3.37. The zero-order valence-corrected chi connectivity index (χ0v) is 20.7. The fraction of sp³-hybridized carbons (Fsp3) is 0.333.